The van der Waals surface area contributed by atoms with Crippen molar-refractivity contribution in [3.05, 3.63) is 24.5 Å². The lowest BCUT2D eigenvalue weighted by atomic mass is 10.1. The predicted octanol–water partition coefficient (Wildman–Crippen LogP) is 0.994. The third-order valence-electron chi connectivity index (χ3n) is 2.42. The molecule has 0 aromatic carbocycles. The van der Waals surface area contributed by atoms with Crippen molar-refractivity contribution in [1.82, 2.24) is 0 Å². The summed E-state index contributed by atoms with van der Waals surface area (Å²) in [4.78, 5) is 34.1. The molecule has 1 aliphatic heterocycles. The van der Waals surface area contributed by atoms with Gasteiger partial charge in [0.1, 0.15) is 6.54 Å². The summed E-state index contributed by atoms with van der Waals surface area (Å²) in [7, 11) is 3.31. The van der Waals surface area contributed by atoms with Crippen LogP contribution < -0.4 is 0 Å². The molecule has 2 unspecified atom stereocenters. The monoisotopic (exact) mass is 272 g/mol. The highest BCUT2D eigenvalue weighted by Gasteiger charge is 2.53. The summed E-state index contributed by atoms with van der Waals surface area (Å²) in [6.45, 7) is 5.22. The van der Waals surface area contributed by atoms with Gasteiger partial charge in [-0.2, -0.15) is 0 Å². The van der Waals surface area contributed by atoms with Crippen LogP contribution >= 0.6 is 8.15 Å². The van der Waals surface area contributed by atoms with Crippen LogP contribution in [0.5, 0.6) is 0 Å². The molecule has 2 atom stereocenters. The Hall–Kier alpha value is -1.03. The molecule has 0 fully saturated rings. The lowest BCUT2D eigenvalue weighted by molar-refractivity contribution is -0.861. The maximum Gasteiger partial charge on any atom is 0.240 e. The molecule has 0 spiro atoms. The molecule has 5 nitrogen and oxygen atoms in total. The van der Waals surface area contributed by atoms with Crippen molar-refractivity contribution in [3.8, 4) is 0 Å². The van der Waals surface area contributed by atoms with Crippen molar-refractivity contribution in [2.24, 2.45) is 0 Å². The highest BCUT2D eigenvalue weighted by atomic mass is 31.1. The van der Waals surface area contributed by atoms with Gasteiger partial charge in [0, 0.05) is 6.08 Å². The Morgan fingerprint density at radius 3 is 2.22 bits per heavy atom. The Balaban J connectivity index is 2.91. The van der Waals surface area contributed by atoms with E-state index in [1.54, 1.807) is 0 Å². The van der Waals surface area contributed by atoms with Gasteiger partial charge in [-0.3, -0.25) is 9.59 Å². The summed E-state index contributed by atoms with van der Waals surface area (Å²) < 4.78 is 5.49. The minimum Gasteiger partial charge on any atom is -0.475 e. The van der Waals surface area contributed by atoms with E-state index in [1.807, 2.05) is 21.1 Å². The molecule has 0 amide bonds. The van der Waals surface area contributed by atoms with Gasteiger partial charge in [0.05, 0.1) is 27.4 Å². The Bertz CT molecular complexity index is 424. The SMILES string of the molecule is C=C(C)C(=O)C1(P(O)C(=O)C[N+](C)(C)C)C=CO1. The number of Topliss-reactive ketones (excluding diaryl/α,β-unsaturated/α-hetero) is 1. The van der Waals surface area contributed by atoms with Gasteiger partial charge in [-0.25, -0.2) is 0 Å². The molecule has 0 radical (unpaired) electrons. The minimum atomic E-state index is -2.21. The zero-order valence-corrected chi connectivity index (χ0v) is 12.0. The van der Waals surface area contributed by atoms with Crippen LogP contribution in [0.1, 0.15) is 6.92 Å². The van der Waals surface area contributed by atoms with Gasteiger partial charge >= 0.3 is 0 Å². The molecule has 6 heteroatoms. The molecule has 0 bridgehead atoms. The topological polar surface area (TPSA) is 63.6 Å². The standard InChI is InChI=1S/C12H19NO4P/c1-9(2)11(15)12(6-7-17-12)18(16)10(14)8-13(3,4)5/h6-7,16H,1,8H2,2-5H3/q+1. The summed E-state index contributed by atoms with van der Waals surface area (Å²) in [5.74, 6) is -0.437. The number of ketones is 1. The average molecular weight is 272 g/mol. The lowest BCUT2D eigenvalue weighted by Crippen LogP contribution is -2.46. The van der Waals surface area contributed by atoms with Gasteiger partial charge in [0.2, 0.25) is 16.6 Å². The summed E-state index contributed by atoms with van der Waals surface area (Å²) in [5.41, 5.74) is -0.101. The zero-order valence-electron chi connectivity index (χ0n) is 11.1. The highest BCUT2D eigenvalue weighted by Crippen LogP contribution is 2.54. The summed E-state index contributed by atoms with van der Waals surface area (Å²) in [5, 5.41) is -1.51. The van der Waals surface area contributed by atoms with E-state index < -0.39 is 19.3 Å². The smallest absolute Gasteiger partial charge is 0.240 e. The Kier molecular flexibility index (Phi) is 4.11. The molecule has 1 aliphatic rings. The molecule has 1 N–H and O–H groups in total. The largest absolute Gasteiger partial charge is 0.475 e. The molecular weight excluding hydrogens is 253 g/mol. The third-order valence-corrected chi connectivity index (χ3v) is 4.12. The molecule has 1 rings (SSSR count). The number of ether oxygens (including phenoxy) is 1. The van der Waals surface area contributed by atoms with Crippen LogP contribution in [0.2, 0.25) is 0 Å². The number of rotatable bonds is 6. The van der Waals surface area contributed by atoms with Crippen LogP contribution in [0.3, 0.4) is 0 Å². The predicted molar refractivity (Wildman–Crippen MR) is 69.8 cm³/mol. The Labute approximate surface area is 108 Å². The number of nitrogens with zero attached hydrogens (tertiary/aromatic N) is 1. The van der Waals surface area contributed by atoms with Crippen LogP contribution in [0, 0.1) is 0 Å². The summed E-state index contributed by atoms with van der Waals surface area (Å²) in [6.07, 6.45) is 2.74. The van der Waals surface area contributed by atoms with E-state index in [-0.39, 0.29) is 17.6 Å². The van der Waals surface area contributed by atoms with Crippen LogP contribution in [-0.4, -0.2) is 53.7 Å². The van der Waals surface area contributed by atoms with Crippen molar-refractivity contribution < 1.29 is 23.7 Å². The maximum atomic E-state index is 12.0. The number of carbonyl (C=O) groups excluding carboxylic acids is 2. The van der Waals surface area contributed by atoms with E-state index in [4.69, 9.17) is 4.74 Å². The van der Waals surface area contributed by atoms with Gasteiger partial charge in [-0.05, 0) is 12.5 Å². The molecule has 1 heterocycles. The number of hydrogen-bond acceptors (Lipinski definition) is 4. The van der Waals surface area contributed by atoms with E-state index in [9.17, 15) is 14.5 Å². The number of quaternary nitrogens is 1. The quantitative estimate of drug-likeness (QED) is 0.445. The van der Waals surface area contributed by atoms with Crippen molar-refractivity contribution in [2.75, 3.05) is 27.7 Å². The van der Waals surface area contributed by atoms with Crippen LogP contribution in [0.25, 0.3) is 0 Å². The Morgan fingerprint density at radius 2 is 1.94 bits per heavy atom. The van der Waals surface area contributed by atoms with Crippen molar-refractivity contribution in [3.63, 3.8) is 0 Å². The fourth-order valence-corrected chi connectivity index (χ4v) is 3.18. The second-order valence-corrected chi connectivity index (χ2v) is 7.17. The van der Waals surface area contributed by atoms with E-state index in [1.165, 1.54) is 19.3 Å². The van der Waals surface area contributed by atoms with Gasteiger partial charge in [0.25, 0.3) is 0 Å². The maximum absolute atomic E-state index is 12.0. The first kappa shape index (κ1) is 15.0. The Morgan fingerprint density at radius 1 is 1.44 bits per heavy atom. The number of hydrogen-bond donors (Lipinski definition) is 1. The first-order chi connectivity index (χ1) is 8.10. The first-order valence-electron chi connectivity index (χ1n) is 5.48. The molecule has 0 aromatic rings. The van der Waals surface area contributed by atoms with E-state index in [0.717, 1.165) is 0 Å². The van der Waals surface area contributed by atoms with E-state index >= 15 is 0 Å². The van der Waals surface area contributed by atoms with Crippen molar-refractivity contribution in [2.45, 2.75) is 12.3 Å². The molecule has 0 saturated carbocycles. The van der Waals surface area contributed by atoms with Gasteiger partial charge in [-0.15, -0.1) is 0 Å². The fraction of sp³-hybridized carbons (Fsp3) is 0.500. The second kappa shape index (κ2) is 4.92. The number of likely N-dealkylation sites (N-methyl/N-ethyl adjacent to an activating group) is 1. The normalized spacial score (nSPS) is 23.8. The molecule has 0 aromatic heterocycles. The highest BCUT2D eigenvalue weighted by molar-refractivity contribution is 7.72. The first-order valence-corrected chi connectivity index (χ1v) is 6.78. The van der Waals surface area contributed by atoms with Crippen LogP contribution in [0.15, 0.2) is 24.5 Å². The second-order valence-electron chi connectivity index (χ2n) is 5.38. The van der Waals surface area contributed by atoms with Crippen LogP contribution in [0.4, 0.5) is 0 Å². The minimum absolute atomic E-state index is 0.143. The third kappa shape index (κ3) is 2.86. The zero-order chi connectivity index (χ0) is 14.1. The molecule has 100 valence electrons. The summed E-state index contributed by atoms with van der Waals surface area (Å²) >= 11 is 0. The lowest BCUT2D eigenvalue weighted by Gasteiger charge is -2.37. The fourth-order valence-electron chi connectivity index (χ4n) is 1.51. The van der Waals surface area contributed by atoms with Gasteiger partial charge in [0.15, 0.2) is 8.15 Å². The molecule has 18 heavy (non-hydrogen) atoms. The number of carbonyl (C=O) groups is 2. The van der Waals surface area contributed by atoms with Crippen LogP contribution in [-0.2, 0) is 14.3 Å². The molecule has 0 saturated heterocycles. The van der Waals surface area contributed by atoms with Crippen molar-refractivity contribution >= 4 is 19.5 Å². The average Bonchev–Trinajstić information content (AvgIpc) is 2.12. The van der Waals surface area contributed by atoms with E-state index in [2.05, 4.69) is 6.58 Å². The van der Waals surface area contributed by atoms with Crippen molar-refractivity contribution in [1.29, 1.82) is 0 Å². The van der Waals surface area contributed by atoms with Gasteiger partial charge < -0.3 is 14.1 Å². The van der Waals surface area contributed by atoms with Gasteiger partial charge in [-0.1, -0.05) is 6.58 Å². The van der Waals surface area contributed by atoms with E-state index in [0.29, 0.717) is 4.48 Å². The summed E-state index contributed by atoms with van der Waals surface area (Å²) in [6, 6.07) is 0. The molecular formula is C12H19NO4P+. The molecule has 0 aliphatic carbocycles.